The summed E-state index contributed by atoms with van der Waals surface area (Å²) in [5.74, 6) is -0.376. The van der Waals surface area contributed by atoms with Gasteiger partial charge in [-0.3, -0.25) is 14.4 Å². The van der Waals surface area contributed by atoms with Crippen LogP contribution in [0.3, 0.4) is 0 Å². The number of rotatable bonds is 5. The fourth-order valence-electron chi connectivity index (χ4n) is 3.33. The van der Waals surface area contributed by atoms with Crippen LogP contribution < -0.4 is 10.6 Å². The van der Waals surface area contributed by atoms with Gasteiger partial charge in [0.2, 0.25) is 5.91 Å². The Kier molecular flexibility index (Phi) is 6.92. The van der Waals surface area contributed by atoms with E-state index in [4.69, 9.17) is 11.6 Å². The van der Waals surface area contributed by atoms with Crippen molar-refractivity contribution in [1.29, 1.82) is 0 Å². The summed E-state index contributed by atoms with van der Waals surface area (Å²) in [5.41, 5.74) is 1.20. The number of carbonyl (C=O) groups excluding carboxylic acids is 3. The van der Waals surface area contributed by atoms with E-state index in [-0.39, 0.29) is 23.8 Å². The predicted octanol–water partition coefficient (Wildman–Crippen LogP) is 4.09. The van der Waals surface area contributed by atoms with Crippen LogP contribution in [0.2, 0.25) is 5.02 Å². The highest BCUT2D eigenvalue weighted by atomic mass is 35.5. The standard InChI is InChI=1S/C21H24ClN3O3S/c1-3-17(26)23-14-7-6-10-25(12-14)21(28)19-13(2)11-18(29-19)24-20(27)15-8-4-5-9-16(15)22/h4-5,8-9,11,14H,3,6-7,10,12H2,1-2H3,(H,23,26)(H,24,27). The van der Waals surface area contributed by atoms with Crippen LogP contribution >= 0.6 is 22.9 Å². The van der Waals surface area contributed by atoms with Gasteiger partial charge in [0.15, 0.2) is 0 Å². The van der Waals surface area contributed by atoms with E-state index in [1.807, 2.05) is 13.8 Å². The van der Waals surface area contributed by atoms with Gasteiger partial charge < -0.3 is 15.5 Å². The van der Waals surface area contributed by atoms with Crippen LogP contribution in [0.5, 0.6) is 0 Å². The van der Waals surface area contributed by atoms with E-state index in [1.165, 1.54) is 11.3 Å². The van der Waals surface area contributed by atoms with Crippen LogP contribution in [0.4, 0.5) is 5.00 Å². The lowest BCUT2D eigenvalue weighted by Crippen LogP contribution is -2.49. The van der Waals surface area contributed by atoms with Gasteiger partial charge >= 0.3 is 0 Å². The van der Waals surface area contributed by atoms with Gasteiger partial charge in [0.05, 0.1) is 20.5 Å². The molecule has 1 aliphatic rings. The Morgan fingerprint density at radius 3 is 2.76 bits per heavy atom. The van der Waals surface area contributed by atoms with Crippen LogP contribution in [0.25, 0.3) is 0 Å². The smallest absolute Gasteiger partial charge is 0.264 e. The summed E-state index contributed by atoms with van der Waals surface area (Å²) in [6.07, 6.45) is 2.15. The average molecular weight is 434 g/mol. The molecule has 2 N–H and O–H groups in total. The Bertz CT molecular complexity index is 928. The van der Waals surface area contributed by atoms with E-state index in [2.05, 4.69) is 10.6 Å². The number of benzene rings is 1. The Morgan fingerprint density at radius 2 is 2.03 bits per heavy atom. The molecule has 1 aliphatic heterocycles. The predicted molar refractivity (Wildman–Crippen MR) is 116 cm³/mol. The largest absolute Gasteiger partial charge is 0.352 e. The van der Waals surface area contributed by atoms with Gasteiger partial charge in [-0.05, 0) is 43.5 Å². The molecule has 0 spiro atoms. The maximum absolute atomic E-state index is 13.0. The fraction of sp³-hybridized carbons (Fsp3) is 0.381. The molecule has 8 heteroatoms. The lowest BCUT2D eigenvalue weighted by molar-refractivity contribution is -0.121. The number of thiophene rings is 1. The number of piperidine rings is 1. The minimum absolute atomic E-state index is 0.00109. The Balaban J connectivity index is 1.69. The topological polar surface area (TPSA) is 78.5 Å². The normalized spacial score (nSPS) is 16.4. The Morgan fingerprint density at radius 1 is 1.28 bits per heavy atom. The number of halogens is 1. The molecular weight excluding hydrogens is 410 g/mol. The van der Waals surface area contributed by atoms with Crippen LogP contribution in [-0.2, 0) is 4.79 Å². The molecule has 0 bridgehead atoms. The molecule has 1 saturated heterocycles. The van der Waals surface area contributed by atoms with Gasteiger partial charge in [-0.15, -0.1) is 11.3 Å². The summed E-state index contributed by atoms with van der Waals surface area (Å²) in [6.45, 7) is 4.84. The average Bonchev–Trinajstić information content (AvgIpc) is 3.07. The SMILES string of the molecule is CCC(=O)NC1CCCN(C(=O)c2sc(NC(=O)c3ccccc3Cl)cc2C)C1. The zero-order valence-corrected chi connectivity index (χ0v) is 18.0. The second kappa shape index (κ2) is 9.41. The third-order valence-corrected chi connectivity index (χ3v) is 6.33. The van der Waals surface area contributed by atoms with E-state index in [0.29, 0.717) is 40.0 Å². The number of hydrogen-bond acceptors (Lipinski definition) is 4. The van der Waals surface area contributed by atoms with Crippen molar-refractivity contribution in [1.82, 2.24) is 10.2 Å². The highest BCUT2D eigenvalue weighted by molar-refractivity contribution is 7.18. The van der Waals surface area contributed by atoms with E-state index in [1.54, 1.807) is 35.2 Å². The molecule has 0 saturated carbocycles. The second-order valence-electron chi connectivity index (χ2n) is 7.07. The molecule has 3 rings (SSSR count). The lowest BCUT2D eigenvalue weighted by atomic mass is 10.0. The van der Waals surface area contributed by atoms with Crippen LogP contribution in [0.15, 0.2) is 30.3 Å². The number of nitrogens with one attached hydrogen (secondary N) is 2. The van der Waals surface area contributed by atoms with Crippen molar-refractivity contribution < 1.29 is 14.4 Å². The van der Waals surface area contributed by atoms with Gasteiger partial charge in [-0.25, -0.2) is 0 Å². The molecule has 6 nitrogen and oxygen atoms in total. The van der Waals surface area contributed by atoms with Gasteiger partial charge in [-0.1, -0.05) is 30.7 Å². The fourth-order valence-corrected chi connectivity index (χ4v) is 4.59. The number of nitrogens with zero attached hydrogens (tertiary/aromatic N) is 1. The van der Waals surface area contributed by atoms with E-state index in [0.717, 1.165) is 18.4 Å². The highest BCUT2D eigenvalue weighted by Gasteiger charge is 2.27. The molecule has 2 aromatic rings. The van der Waals surface area contributed by atoms with Gasteiger partial charge in [0.25, 0.3) is 11.8 Å². The van der Waals surface area contributed by atoms with Gasteiger partial charge in [-0.2, -0.15) is 0 Å². The molecule has 1 aromatic heterocycles. The van der Waals surface area contributed by atoms with Crippen LogP contribution in [0, 0.1) is 6.92 Å². The van der Waals surface area contributed by atoms with Crippen molar-refractivity contribution in [2.75, 3.05) is 18.4 Å². The maximum atomic E-state index is 13.0. The highest BCUT2D eigenvalue weighted by Crippen LogP contribution is 2.29. The quantitative estimate of drug-likeness (QED) is 0.745. The number of carbonyl (C=O) groups is 3. The first-order valence-corrected chi connectivity index (χ1v) is 10.8. The summed E-state index contributed by atoms with van der Waals surface area (Å²) in [6, 6.07) is 8.62. The van der Waals surface area contributed by atoms with E-state index >= 15 is 0 Å². The molecule has 29 heavy (non-hydrogen) atoms. The van der Waals surface area contributed by atoms with Crippen molar-refractivity contribution >= 4 is 45.7 Å². The van der Waals surface area contributed by atoms with Gasteiger partial charge in [0.1, 0.15) is 0 Å². The molecule has 1 aromatic carbocycles. The first-order valence-electron chi connectivity index (χ1n) is 9.64. The van der Waals surface area contributed by atoms with Crippen molar-refractivity contribution in [3.8, 4) is 0 Å². The molecule has 1 atom stereocenters. The molecule has 0 aliphatic carbocycles. The third-order valence-electron chi connectivity index (χ3n) is 4.86. The van der Waals surface area contributed by atoms with Crippen molar-refractivity contribution in [2.45, 2.75) is 39.2 Å². The summed E-state index contributed by atoms with van der Waals surface area (Å²) in [5, 5.41) is 6.78. The number of hydrogen-bond donors (Lipinski definition) is 2. The minimum atomic E-state index is -0.309. The van der Waals surface area contributed by atoms with Gasteiger partial charge in [0, 0.05) is 25.6 Å². The van der Waals surface area contributed by atoms with E-state index in [9.17, 15) is 14.4 Å². The molecule has 1 unspecified atom stereocenters. The van der Waals surface area contributed by atoms with Crippen LogP contribution in [-0.4, -0.2) is 41.8 Å². The molecule has 0 radical (unpaired) electrons. The Labute approximate surface area is 179 Å². The molecule has 3 amide bonds. The second-order valence-corrected chi connectivity index (χ2v) is 8.53. The maximum Gasteiger partial charge on any atom is 0.264 e. The zero-order chi connectivity index (χ0) is 21.0. The molecule has 154 valence electrons. The first kappa shape index (κ1) is 21.3. The molecular formula is C21H24ClN3O3S. The summed E-state index contributed by atoms with van der Waals surface area (Å²) in [4.78, 5) is 39.6. The zero-order valence-electron chi connectivity index (χ0n) is 16.5. The number of amides is 3. The lowest BCUT2D eigenvalue weighted by Gasteiger charge is -2.33. The number of anilines is 1. The number of aryl methyl sites for hydroxylation is 1. The summed E-state index contributed by atoms with van der Waals surface area (Å²) in [7, 11) is 0. The summed E-state index contributed by atoms with van der Waals surface area (Å²) >= 11 is 7.34. The third kappa shape index (κ3) is 5.16. The van der Waals surface area contributed by atoms with Crippen LogP contribution in [0.1, 0.15) is 51.8 Å². The van der Waals surface area contributed by atoms with E-state index < -0.39 is 0 Å². The number of likely N-dealkylation sites (tertiary alicyclic amines) is 1. The monoisotopic (exact) mass is 433 g/mol. The minimum Gasteiger partial charge on any atom is -0.352 e. The van der Waals surface area contributed by atoms with Crippen molar-refractivity contribution in [3.63, 3.8) is 0 Å². The summed E-state index contributed by atoms with van der Waals surface area (Å²) < 4.78 is 0. The van der Waals surface area contributed by atoms with Crippen molar-refractivity contribution in [2.24, 2.45) is 0 Å². The Hall–Kier alpha value is -2.38. The van der Waals surface area contributed by atoms with Crippen molar-refractivity contribution in [3.05, 3.63) is 51.4 Å². The first-order chi connectivity index (χ1) is 13.9. The molecule has 2 heterocycles. The molecule has 1 fully saturated rings.